The van der Waals surface area contributed by atoms with E-state index in [2.05, 4.69) is 15.0 Å². The number of pyridine rings is 1. The molecule has 0 saturated heterocycles. The molecule has 0 atom stereocenters. The van der Waals surface area contributed by atoms with Crippen LogP contribution in [0.1, 0.15) is 6.92 Å². The van der Waals surface area contributed by atoms with Crippen LogP contribution in [0, 0.1) is 0 Å². The lowest BCUT2D eigenvalue weighted by atomic mass is 10.1. The molecule has 22 heavy (non-hydrogen) atoms. The van der Waals surface area contributed by atoms with Crippen molar-refractivity contribution in [3.8, 4) is 23.0 Å². The van der Waals surface area contributed by atoms with Crippen LogP contribution in [0.15, 0.2) is 30.3 Å². The summed E-state index contributed by atoms with van der Waals surface area (Å²) in [6.07, 6.45) is 0. The van der Waals surface area contributed by atoms with Crippen molar-refractivity contribution in [1.29, 1.82) is 0 Å². The summed E-state index contributed by atoms with van der Waals surface area (Å²) in [7, 11) is 0. The van der Waals surface area contributed by atoms with Crippen molar-refractivity contribution < 1.29 is 9.84 Å². The molecule has 7 heteroatoms. The van der Waals surface area contributed by atoms with E-state index in [0.717, 1.165) is 5.56 Å². The second-order valence-corrected chi connectivity index (χ2v) is 5.13. The Morgan fingerprint density at radius 3 is 2.50 bits per heavy atom. The van der Waals surface area contributed by atoms with Crippen LogP contribution in [-0.2, 0) is 0 Å². The number of benzene rings is 1. The van der Waals surface area contributed by atoms with E-state index < -0.39 is 0 Å². The first-order chi connectivity index (χ1) is 10.6. The summed E-state index contributed by atoms with van der Waals surface area (Å²) in [5.41, 5.74) is 1.56. The van der Waals surface area contributed by atoms with Crippen molar-refractivity contribution in [3.05, 3.63) is 40.6 Å². The lowest BCUT2D eigenvalue weighted by Crippen LogP contribution is -2.00. The van der Waals surface area contributed by atoms with Gasteiger partial charge in [-0.2, -0.15) is 4.98 Å². The van der Waals surface area contributed by atoms with Gasteiger partial charge in [-0.05, 0) is 18.5 Å². The highest BCUT2D eigenvalue weighted by Gasteiger charge is 2.20. The summed E-state index contributed by atoms with van der Waals surface area (Å²) >= 11 is 12.2. The molecule has 0 amide bonds. The van der Waals surface area contributed by atoms with E-state index in [9.17, 15) is 5.11 Å². The molecule has 0 unspecified atom stereocenters. The fourth-order valence-corrected chi connectivity index (χ4v) is 2.62. The highest BCUT2D eigenvalue weighted by atomic mass is 35.5. The zero-order chi connectivity index (χ0) is 15.7. The molecule has 2 heterocycles. The number of aromatic nitrogens is 3. The predicted octanol–water partition coefficient (Wildman–Crippen LogP) is 4.10. The number of hydrogen-bond donors (Lipinski definition) is 1. The summed E-state index contributed by atoms with van der Waals surface area (Å²) in [5, 5.41) is 10.5. The normalized spacial score (nSPS) is 10.9. The van der Waals surface area contributed by atoms with Crippen LogP contribution in [0.25, 0.3) is 22.2 Å². The maximum Gasteiger partial charge on any atom is 0.241 e. The number of aromatic hydroxyl groups is 1. The Hall–Kier alpha value is -2.11. The smallest absolute Gasteiger partial charge is 0.241 e. The molecule has 0 fully saturated rings. The van der Waals surface area contributed by atoms with Gasteiger partial charge in [0.1, 0.15) is 5.52 Å². The maximum atomic E-state index is 10.1. The van der Waals surface area contributed by atoms with Crippen molar-refractivity contribution in [3.63, 3.8) is 0 Å². The Bertz CT molecular complexity index is 841. The summed E-state index contributed by atoms with van der Waals surface area (Å²) in [5.74, 6) is -0.0547. The predicted molar refractivity (Wildman–Crippen MR) is 85.6 cm³/mol. The third-order valence-electron chi connectivity index (χ3n) is 3.03. The van der Waals surface area contributed by atoms with E-state index in [1.54, 1.807) is 0 Å². The number of rotatable bonds is 3. The SMILES string of the molecule is CCOc1nc(-c2ccccc2)c(Cl)c2c(O)nc(Cl)nc12. The third-order valence-corrected chi connectivity index (χ3v) is 3.57. The number of halogens is 2. The van der Waals surface area contributed by atoms with Gasteiger partial charge in [0.05, 0.1) is 22.7 Å². The Labute approximate surface area is 136 Å². The van der Waals surface area contributed by atoms with Crippen molar-refractivity contribution in [1.82, 2.24) is 15.0 Å². The monoisotopic (exact) mass is 335 g/mol. The Morgan fingerprint density at radius 2 is 1.82 bits per heavy atom. The molecule has 1 aromatic carbocycles. The second-order valence-electron chi connectivity index (χ2n) is 4.42. The Kier molecular flexibility index (Phi) is 4.00. The minimum atomic E-state index is -0.305. The highest BCUT2D eigenvalue weighted by molar-refractivity contribution is 6.38. The summed E-state index contributed by atoms with van der Waals surface area (Å²) < 4.78 is 5.52. The Morgan fingerprint density at radius 1 is 1.09 bits per heavy atom. The number of fused-ring (bicyclic) bond motifs is 1. The Balaban J connectivity index is 2.38. The van der Waals surface area contributed by atoms with Gasteiger partial charge in [-0.15, -0.1) is 0 Å². The molecule has 1 N–H and O–H groups in total. The summed E-state index contributed by atoms with van der Waals surface area (Å²) in [4.78, 5) is 12.2. The second kappa shape index (κ2) is 5.94. The topological polar surface area (TPSA) is 68.1 Å². The molecule has 0 radical (unpaired) electrons. The zero-order valence-corrected chi connectivity index (χ0v) is 13.1. The van der Waals surface area contributed by atoms with Crippen molar-refractivity contribution in [2.24, 2.45) is 0 Å². The van der Waals surface area contributed by atoms with Crippen LogP contribution < -0.4 is 4.74 Å². The maximum absolute atomic E-state index is 10.1. The first-order valence-electron chi connectivity index (χ1n) is 6.55. The van der Waals surface area contributed by atoms with E-state index in [-0.39, 0.29) is 33.0 Å². The third kappa shape index (κ3) is 2.53. The van der Waals surface area contributed by atoms with E-state index >= 15 is 0 Å². The zero-order valence-electron chi connectivity index (χ0n) is 11.5. The van der Waals surface area contributed by atoms with Crippen LogP contribution in [0.4, 0.5) is 0 Å². The van der Waals surface area contributed by atoms with E-state index in [1.807, 2.05) is 37.3 Å². The molecule has 0 aliphatic heterocycles. The van der Waals surface area contributed by atoms with E-state index in [1.165, 1.54) is 0 Å². The van der Waals surface area contributed by atoms with Gasteiger partial charge < -0.3 is 9.84 Å². The quantitative estimate of drug-likeness (QED) is 0.729. The molecule has 0 aliphatic rings. The molecule has 3 aromatic rings. The van der Waals surface area contributed by atoms with Crippen LogP contribution >= 0.6 is 23.2 Å². The molecule has 0 aliphatic carbocycles. The first-order valence-corrected chi connectivity index (χ1v) is 7.31. The molecule has 0 saturated carbocycles. The van der Waals surface area contributed by atoms with E-state index in [0.29, 0.717) is 12.3 Å². The molecule has 0 spiro atoms. The van der Waals surface area contributed by atoms with E-state index in [4.69, 9.17) is 27.9 Å². The van der Waals surface area contributed by atoms with Gasteiger partial charge in [-0.3, -0.25) is 0 Å². The van der Waals surface area contributed by atoms with Gasteiger partial charge >= 0.3 is 0 Å². The van der Waals surface area contributed by atoms with Crippen LogP contribution in [0.3, 0.4) is 0 Å². The van der Waals surface area contributed by atoms with Gasteiger partial charge in [0.25, 0.3) is 0 Å². The highest BCUT2D eigenvalue weighted by Crippen LogP contribution is 2.40. The fourth-order valence-electron chi connectivity index (χ4n) is 2.13. The average Bonchev–Trinajstić information content (AvgIpc) is 2.50. The van der Waals surface area contributed by atoms with Gasteiger partial charge in [0, 0.05) is 5.56 Å². The van der Waals surface area contributed by atoms with Crippen LogP contribution in [0.2, 0.25) is 10.3 Å². The minimum Gasteiger partial charge on any atom is -0.493 e. The lowest BCUT2D eigenvalue weighted by molar-refractivity contribution is 0.330. The van der Waals surface area contributed by atoms with Crippen molar-refractivity contribution in [2.45, 2.75) is 6.92 Å². The summed E-state index contributed by atoms with van der Waals surface area (Å²) in [6.45, 7) is 2.22. The van der Waals surface area contributed by atoms with Gasteiger partial charge in [-0.25, -0.2) is 9.97 Å². The molecule has 112 valence electrons. The van der Waals surface area contributed by atoms with Crippen LogP contribution in [-0.4, -0.2) is 26.7 Å². The fraction of sp³-hybridized carbons (Fsp3) is 0.133. The number of hydrogen-bond acceptors (Lipinski definition) is 5. The molecule has 2 aromatic heterocycles. The standard InChI is InChI=1S/C15H11Cl2N3O2/c1-2-22-14-12-9(13(21)20-15(17)19-12)10(16)11(18-14)8-6-4-3-5-7-8/h3-7H,2H2,1H3,(H,19,20,21). The molecular formula is C15H11Cl2N3O2. The average molecular weight is 336 g/mol. The molecular weight excluding hydrogens is 325 g/mol. The van der Waals surface area contributed by atoms with Gasteiger partial charge in [0.2, 0.25) is 17.0 Å². The number of nitrogens with zero attached hydrogens (tertiary/aromatic N) is 3. The molecule has 5 nitrogen and oxygen atoms in total. The largest absolute Gasteiger partial charge is 0.493 e. The van der Waals surface area contributed by atoms with Gasteiger partial charge in [-0.1, -0.05) is 41.9 Å². The first kappa shape index (κ1) is 14.8. The molecule has 3 rings (SSSR count). The number of ether oxygens (including phenoxy) is 1. The molecule has 0 bridgehead atoms. The summed E-state index contributed by atoms with van der Waals surface area (Å²) in [6, 6.07) is 9.36. The van der Waals surface area contributed by atoms with Crippen LogP contribution in [0.5, 0.6) is 11.8 Å². The lowest BCUT2D eigenvalue weighted by Gasteiger charge is -2.12. The van der Waals surface area contributed by atoms with Crippen molar-refractivity contribution >= 4 is 34.1 Å². The van der Waals surface area contributed by atoms with Gasteiger partial charge in [0.15, 0.2) is 0 Å². The minimum absolute atomic E-state index is 0.101. The van der Waals surface area contributed by atoms with Crippen molar-refractivity contribution in [2.75, 3.05) is 6.61 Å².